The van der Waals surface area contributed by atoms with Gasteiger partial charge in [-0.25, -0.2) is 4.79 Å². The first kappa shape index (κ1) is 17.7. The number of esters is 2. The average molecular weight is 364 g/mol. The molecule has 0 saturated carbocycles. The lowest BCUT2D eigenvalue weighted by molar-refractivity contribution is -0.168. The van der Waals surface area contributed by atoms with Gasteiger partial charge in [0, 0.05) is 12.0 Å². The first-order chi connectivity index (χ1) is 12.3. The normalized spacial score (nSPS) is 41.7. The molecular weight excluding hydrogens is 340 g/mol. The van der Waals surface area contributed by atoms with Gasteiger partial charge >= 0.3 is 11.9 Å². The van der Waals surface area contributed by atoms with Crippen molar-refractivity contribution in [3.05, 3.63) is 23.8 Å². The smallest absolute Gasteiger partial charge is 0.334 e. The van der Waals surface area contributed by atoms with Crippen molar-refractivity contribution in [1.82, 2.24) is 0 Å². The molecule has 1 spiro atoms. The van der Waals surface area contributed by atoms with E-state index in [4.69, 9.17) is 18.9 Å². The molecule has 26 heavy (non-hydrogen) atoms. The third-order valence-corrected chi connectivity index (χ3v) is 5.74. The molecule has 0 aromatic rings. The zero-order valence-corrected chi connectivity index (χ0v) is 15.0. The van der Waals surface area contributed by atoms with E-state index in [-0.39, 0.29) is 36.6 Å². The van der Waals surface area contributed by atoms with E-state index >= 15 is 0 Å². The lowest BCUT2D eigenvalue weighted by atomic mass is 9.81. The Morgan fingerprint density at radius 2 is 2.23 bits per heavy atom. The molecule has 5 rings (SSSR count). The van der Waals surface area contributed by atoms with Gasteiger partial charge in [0.25, 0.3) is 0 Å². The molecule has 1 N–H and O–H groups in total. The maximum absolute atomic E-state index is 12.3. The Kier molecular flexibility index (Phi) is 4.21. The van der Waals surface area contributed by atoms with Crippen molar-refractivity contribution in [2.45, 2.75) is 63.3 Å². The van der Waals surface area contributed by atoms with Gasteiger partial charge in [0.15, 0.2) is 6.29 Å². The van der Waals surface area contributed by atoms with Crippen molar-refractivity contribution >= 4 is 11.9 Å². The van der Waals surface area contributed by atoms with E-state index in [0.717, 1.165) is 18.4 Å². The van der Waals surface area contributed by atoms with Gasteiger partial charge in [-0.1, -0.05) is 20.4 Å². The quantitative estimate of drug-likeness (QED) is 0.341. The van der Waals surface area contributed by atoms with Gasteiger partial charge in [0.2, 0.25) is 0 Å². The van der Waals surface area contributed by atoms with Crippen LogP contribution in [0.2, 0.25) is 0 Å². The number of fused-ring (bicyclic) bond motifs is 4. The minimum atomic E-state index is -1.11. The lowest BCUT2D eigenvalue weighted by Crippen LogP contribution is -2.45. The molecule has 3 fully saturated rings. The maximum Gasteiger partial charge on any atom is 0.334 e. The summed E-state index contributed by atoms with van der Waals surface area (Å²) in [5, 5.41) is 10.5. The molecular formula is C19H24O7. The van der Waals surface area contributed by atoms with E-state index in [1.165, 1.54) is 0 Å². The van der Waals surface area contributed by atoms with Crippen LogP contribution in [-0.2, 0) is 28.5 Å². The molecule has 0 amide bonds. The standard InChI is InChI=1S/C19H24O7/c1-9(2)16(20)25-13-7-19-14(26-19)5-4-11(8-23-18(19)22)6-12-15(13)10(3)17(21)24-12/h6,9,12-15,18,22H,3-5,7-8H2,1-2H3/t12-,13+,14?,15+,18?,19?/m1/s1. The van der Waals surface area contributed by atoms with Crippen molar-refractivity contribution < 1.29 is 33.6 Å². The molecule has 1 aliphatic carbocycles. The predicted molar refractivity (Wildman–Crippen MR) is 88.7 cm³/mol. The first-order valence-electron chi connectivity index (χ1n) is 9.09. The Morgan fingerprint density at radius 1 is 1.46 bits per heavy atom. The van der Waals surface area contributed by atoms with Gasteiger partial charge in [-0.3, -0.25) is 4.79 Å². The molecule has 0 radical (unpaired) electrons. The molecule has 3 saturated heterocycles. The average Bonchev–Trinajstić information content (AvgIpc) is 3.20. The minimum absolute atomic E-state index is 0.163. The van der Waals surface area contributed by atoms with Crippen LogP contribution in [0.1, 0.15) is 33.1 Å². The Hall–Kier alpha value is -1.70. The third-order valence-electron chi connectivity index (χ3n) is 5.74. The number of carbonyl (C=O) groups is 2. The fourth-order valence-electron chi connectivity index (χ4n) is 4.13. The van der Waals surface area contributed by atoms with Gasteiger partial charge in [0.1, 0.15) is 17.8 Å². The summed E-state index contributed by atoms with van der Waals surface area (Å²) in [6.45, 7) is 7.61. The van der Waals surface area contributed by atoms with Crippen LogP contribution in [-0.4, -0.2) is 53.9 Å². The second-order valence-electron chi connectivity index (χ2n) is 7.84. The largest absolute Gasteiger partial charge is 0.461 e. The fourth-order valence-corrected chi connectivity index (χ4v) is 4.13. The molecule has 142 valence electrons. The number of hydrogen-bond donors (Lipinski definition) is 1. The zero-order valence-electron chi connectivity index (χ0n) is 15.0. The van der Waals surface area contributed by atoms with Gasteiger partial charge in [-0.2, -0.15) is 0 Å². The summed E-state index contributed by atoms with van der Waals surface area (Å²) in [5.41, 5.74) is 0.305. The van der Waals surface area contributed by atoms with Crippen LogP contribution in [0.3, 0.4) is 0 Å². The number of carbonyl (C=O) groups excluding carboxylic acids is 2. The van der Waals surface area contributed by atoms with Crippen LogP contribution < -0.4 is 0 Å². The maximum atomic E-state index is 12.3. The van der Waals surface area contributed by atoms with Gasteiger partial charge in [-0.15, -0.1) is 0 Å². The summed E-state index contributed by atoms with van der Waals surface area (Å²) < 4.78 is 22.7. The highest BCUT2D eigenvalue weighted by molar-refractivity contribution is 5.91. The number of aliphatic hydroxyl groups excluding tert-OH is 1. The summed E-state index contributed by atoms with van der Waals surface area (Å²) in [6, 6.07) is 0. The van der Waals surface area contributed by atoms with Crippen LogP contribution >= 0.6 is 0 Å². The molecule has 7 nitrogen and oxygen atoms in total. The number of ether oxygens (including phenoxy) is 4. The molecule has 2 bridgehead atoms. The second-order valence-corrected chi connectivity index (χ2v) is 7.84. The van der Waals surface area contributed by atoms with E-state index in [2.05, 4.69) is 6.58 Å². The summed E-state index contributed by atoms with van der Waals surface area (Å²) in [6.07, 6.45) is 1.05. The van der Waals surface area contributed by atoms with E-state index in [1.54, 1.807) is 13.8 Å². The summed E-state index contributed by atoms with van der Waals surface area (Å²) >= 11 is 0. The predicted octanol–water partition coefficient (Wildman–Crippen LogP) is 1.25. The molecule has 0 aromatic carbocycles. The van der Waals surface area contributed by atoms with E-state index in [9.17, 15) is 14.7 Å². The number of epoxide rings is 1. The third kappa shape index (κ3) is 2.78. The monoisotopic (exact) mass is 364 g/mol. The van der Waals surface area contributed by atoms with E-state index < -0.39 is 36.0 Å². The molecule has 5 aliphatic rings. The van der Waals surface area contributed by atoms with E-state index in [0.29, 0.717) is 0 Å². The zero-order chi connectivity index (χ0) is 18.6. The molecule has 7 heteroatoms. The molecule has 6 atom stereocenters. The minimum Gasteiger partial charge on any atom is -0.461 e. The number of hydrogen-bond acceptors (Lipinski definition) is 7. The summed E-state index contributed by atoms with van der Waals surface area (Å²) in [7, 11) is 0. The highest BCUT2D eigenvalue weighted by Crippen LogP contribution is 2.51. The Balaban J connectivity index is 1.75. The molecule has 4 heterocycles. The van der Waals surface area contributed by atoms with Gasteiger partial charge in [0.05, 0.1) is 24.5 Å². The Labute approximate surface area is 151 Å². The van der Waals surface area contributed by atoms with Crippen molar-refractivity contribution in [3.8, 4) is 0 Å². The topological polar surface area (TPSA) is 94.6 Å². The highest BCUT2D eigenvalue weighted by atomic mass is 16.7. The van der Waals surface area contributed by atoms with Crippen molar-refractivity contribution in [2.75, 3.05) is 6.61 Å². The van der Waals surface area contributed by atoms with Crippen LogP contribution in [0.15, 0.2) is 23.8 Å². The highest BCUT2D eigenvalue weighted by Gasteiger charge is 2.65. The number of aliphatic hydroxyl groups is 1. The van der Waals surface area contributed by atoms with Crippen LogP contribution in [0, 0.1) is 11.8 Å². The summed E-state index contributed by atoms with van der Waals surface area (Å²) in [4.78, 5) is 24.4. The van der Waals surface area contributed by atoms with E-state index in [1.807, 2.05) is 6.08 Å². The molecule has 0 aromatic heterocycles. The van der Waals surface area contributed by atoms with Crippen molar-refractivity contribution in [2.24, 2.45) is 11.8 Å². The van der Waals surface area contributed by atoms with Gasteiger partial charge < -0.3 is 24.1 Å². The van der Waals surface area contributed by atoms with Crippen LogP contribution in [0.4, 0.5) is 0 Å². The van der Waals surface area contributed by atoms with Crippen LogP contribution in [0.25, 0.3) is 0 Å². The molecule has 3 unspecified atom stereocenters. The fraction of sp³-hybridized carbons (Fsp3) is 0.684. The van der Waals surface area contributed by atoms with Crippen LogP contribution in [0.5, 0.6) is 0 Å². The Bertz CT molecular complexity index is 681. The lowest BCUT2D eigenvalue weighted by Gasteiger charge is -2.33. The SMILES string of the molecule is C=C1C(=O)O[C@@H]2C=C3CCC4OC4(C[C@H](OC(=O)C(C)C)[C@@H]12)C(O)OC3. The van der Waals surface area contributed by atoms with Crippen molar-refractivity contribution in [3.63, 3.8) is 0 Å². The van der Waals surface area contributed by atoms with Gasteiger partial charge in [-0.05, 0) is 24.5 Å². The molecule has 4 aliphatic heterocycles. The second kappa shape index (κ2) is 6.18. The van der Waals surface area contributed by atoms with Crippen molar-refractivity contribution in [1.29, 1.82) is 0 Å². The summed E-state index contributed by atoms with van der Waals surface area (Å²) in [5.74, 6) is -1.67. The Morgan fingerprint density at radius 3 is 2.96 bits per heavy atom. The first-order valence-corrected chi connectivity index (χ1v) is 9.09. The number of rotatable bonds is 2.